The number of ether oxygens (including phenoxy) is 1. The third kappa shape index (κ3) is 4.99. The fourth-order valence-electron chi connectivity index (χ4n) is 3.35. The van der Waals surface area contributed by atoms with Crippen LogP contribution in [0.25, 0.3) is 0 Å². The maximum absolute atomic E-state index is 5.61. The molecule has 2 fully saturated rings. The van der Waals surface area contributed by atoms with E-state index in [-0.39, 0.29) is 0 Å². The minimum atomic E-state index is 0.422. The maximum atomic E-state index is 5.61. The summed E-state index contributed by atoms with van der Waals surface area (Å²) in [7, 11) is 2.24. The summed E-state index contributed by atoms with van der Waals surface area (Å²) in [6.45, 7) is 13.7. The Kier molecular flexibility index (Phi) is 6.27. The van der Waals surface area contributed by atoms with Crippen LogP contribution in [0.4, 0.5) is 0 Å². The van der Waals surface area contributed by atoms with E-state index in [1.807, 2.05) is 0 Å². The largest absolute Gasteiger partial charge is 0.381 e. The third-order valence-electron chi connectivity index (χ3n) is 4.81. The van der Waals surface area contributed by atoms with Gasteiger partial charge in [0.05, 0.1) is 0 Å². The van der Waals surface area contributed by atoms with Gasteiger partial charge in [0.15, 0.2) is 0 Å². The van der Waals surface area contributed by atoms with E-state index in [4.69, 9.17) is 4.74 Å². The summed E-state index contributed by atoms with van der Waals surface area (Å²) in [5, 5.41) is 3.68. The van der Waals surface area contributed by atoms with Crippen molar-refractivity contribution in [2.75, 3.05) is 59.5 Å². The van der Waals surface area contributed by atoms with Gasteiger partial charge in [-0.2, -0.15) is 0 Å². The molecule has 2 heterocycles. The molecule has 0 aromatic rings. The Balaban J connectivity index is 1.92. The van der Waals surface area contributed by atoms with E-state index in [1.165, 1.54) is 52.0 Å². The quantitative estimate of drug-likeness (QED) is 0.826. The summed E-state index contributed by atoms with van der Waals surface area (Å²) < 4.78 is 5.61. The highest BCUT2D eigenvalue weighted by Gasteiger charge is 2.34. The second-order valence-electron chi connectivity index (χ2n) is 7.08. The van der Waals surface area contributed by atoms with Crippen molar-refractivity contribution in [2.24, 2.45) is 5.41 Å². The summed E-state index contributed by atoms with van der Waals surface area (Å²) >= 11 is 0. The van der Waals surface area contributed by atoms with E-state index in [1.54, 1.807) is 0 Å². The van der Waals surface area contributed by atoms with Gasteiger partial charge in [-0.15, -0.1) is 0 Å². The zero-order chi connectivity index (χ0) is 14.4. The molecule has 0 bridgehead atoms. The molecule has 0 saturated carbocycles. The lowest BCUT2D eigenvalue weighted by Crippen LogP contribution is -2.49. The van der Waals surface area contributed by atoms with Crippen molar-refractivity contribution in [3.63, 3.8) is 0 Å². The van der Waals surface area contributed by atoms with E-state index in [2.05, 4.69) is 36.0 Å². The topological polar surface area (TPSA) is 27.7 Å². The van der Waals surface area contributed by atoms with Crippen molar-refractivity contribution >= 4 is 0 Å². The lowest BCUT2D eigenvalue weighted by molar-refractivity contribution is -0.00457. The van der Waals surface area contributed by atoms with E-state index < -0.39 is 0 Å². The van der Waals surface area contributed by atoms with E-state index in [9.17, 15) is 0 Å². The zero-order valence-electron chi connectivity index (χ0n) is 13.7. The molecule has 2 aliphatic heterocycles. The van der Waals surface area contributed by atoms with Crippen molar-refractivity contribution < 1.29 is 4.74 Å². The van der Waals surface area contributed by atoms with Gasteiger partial charge in [0.2, 0.25) is 0 Å². The molecule has 2 aliphatic rings. The van der Waals surface area contributed by atoms with Gasteiger partial charge in [0, 0.05) is 45.4 Å². The van der Waals surface area contributed by atoms with Crippen LogP contribution in [0.5, 0.6) is 0 Å². The zero-order valence-corrected chi connectivity index (χ0v) is 13.7. The molecule has 2 rings (SSSR count). The minimum absolute atomic E-state index is 0.422. The Morgan fingerprint density at radius 1 is 1.10 bits per heavy atom. The minimum Gasteiger partial charge on any atom is -0.381 e. The number of nitrogens with one attached hydrogen (secondary N) is 1. The molecular formula is C16H33N3O. The number of likely N-dealkylation sites (N-methyl/N-ethyl adjacent to an activating group) is 1. The summed E-state index contributed by atoms with van der Waals surface area (Å²) in [5.41, 5.74) is 0.422. The number of nitrogens with zero attached hydrogens (tertiary/aromatic N) is 2. The molecule has 0 amide bonds. The molecule has 4 heteroatoms. The van der Waals surface area contributed by atoms with Crippen molar-refractivity contribution in [1.82, 2.24) is 15.1 Å². The van der Waals surface area contributed by atoms with Crippen LogP contribution in [-0.4, -0.2) is 75.4 Å². The van der Waals surface area contributed by atoms with Gasteiger partial charge in [-0.1, -0.05) is 13.8 Å². The van der Waals surface area contributed by atoms with Crippen molar-refractivity contribution in [1.29, 1.82) is 0 Å². The molecule has 4 nitrogen and oxygen atoms in total. The van der Waals surface area contributed by atoms with Gasteiger partial charge in [-0.3, -0.25) is 0 Å². The summed E-state index contributed by atoms with van der Waals surface area (Å²) in [5.74, 6) is 0. The van der Waals surface area contributed by atoms with Gasteiger partial charge in [0.25, 0.3) is 0 Å². The molecule has 0 radical (unpaired) electrons. The Morgan fingerprint density at radius 2 is 1.85 bits per heavy atom. The van der Waals surface area contributed by atoms with Gasteiger partial charge in [-0.05, 0) is 44.8 Å². The van der Waals surface area contributed by atoms with E-state index in [0.717, 1.165) is 19.8 Å². The lowest BCUT2D eigenvalue weighted by Gasteiger charge is -2.41. The van der Waals surface area contributed by atoms with E-state index in [0.29, 0.717) is 11.5 Å². The monoisotopic (exact) mass is 283 g/mol. The Bertz CT molecular complexity index is 277. The first-order chi connectivity index (χ1) is 9.60. The normalized spacial score (nSPS) is 25.8. The Hall–Kier alpha value is -0.160. The molecule has 1 N–H and O–H groups in total. The molecular weight excluding hydrogens is 250 g/mol. The molecule has 0 aliphatic carbocycles. The predicted octanol–water partition coefficient (Wildman–Crippen LogP) is 1.42. The SMILES string of the molecule is CC(C)NCC1(CN2CCCN(C)CC2)CCOCC1. The van der Waals surface area contributed by atoms with Gasteiger partial charge in [-0.25, -0.2) is 0 Å². The van der Waals surface area contributed by atoms with Crippen LogP contribution in [0.15, 0.2) is 0 Å². The van der Waals surface area contributed by atoms with Crippen LogP contribution in [0.3, 0.4) is 0 Å². The molecule has 118 valence electrons. The molecule has 0 atom stereocenters. The van der Waals surface area contributed by atoms with Crippen LogP contribution >= 0.6 is 0 Å². The standard InChI is InChI=1S/C16H33N3O/c1-15(2)17-13-16(5-11-20-12-6-16)14-19-8-4-7-18(3)9-10-19/h15,17H,4-14H2,1-3H3. The van der Waals surface area contributed by atoms with Gasteiger partial charge in [0.1, 0.15) is 0 Å². The first-order valence-corrected chi connectivity index (χ1v) is 8.32. The van der Waals surface area contributed by atoms with Crippen LogP contribution < -0.4 is 5.32 Å². The second-order valence-corrected chi connectivity index (χ2v) is 7.08. The lowest BCUT2D eigenvalue weighted by atomic mass is 9.79. The highest BCUT2D eigenvalue weighted by atomic mass is 16.5. The second kappa shape index (κ2) is 7.74. The van der Waals surface area contributed by atoms with Crippen molar-refractivity contribution in [2.45, 2.75) is 39.2 Å². The molecule has 0 spiro atoms. The van der Waals surface area contributed by atoms with E-state index >= 15 is 0 Å². The number of hydrogen-bond acceptors (Lipinski definition) is 4. The molecule has 0 aromatic heterocycles. The van der Waals surface area contributed by atoms with Crippen LogP contribution in [-0.2, 0) is 4.74 Å². The molecule has 2 saturated heterocycles. The molecule has 0 unspecified atom stereocenters. The van der Waals surface area contributed by atoms with Crippen molar-refractivity contribution in [3.05, 3.63) is 0 Å². The van der Waals surface area contributed by atoms with Crippen LogP contribution in [0, 0.1) is 5.41 Å². The van der Waals surface area contributed by atoms with Crippen LogP contribution in [0.1, 0.15) is 33.1 Å². The van der Waals surface area contributed by atoms with Crippen LogP contribution in [0.2, 0.25) is 0 Å². The Labute approximate surface area is 124 Å². The summed E-state index contributed by atoms with van der Waals surface area (Å²) in [4.78, 5) is 5.15. The molecule has 0 aromatic carbocycles. The summed E-state index contributed by atoms with van der Waals surface area (Å²) in [6, 6.07) is 0.574. The average Bonchev–Trinajstić information content (AvgIpc) is 2.63. The Morgan fingerprint density at radius 3 is 2.55 bits per heavy atom. The maximum Gasteiger partial charge on any atom is 0.0472 e. The van der Waals surface area contributed by atoms with Gasteiger partial charge >= 0.3 is 0 Å². The highest BCUT2D eigenvalue weighted by molar-refractivity contribution is 4.88. The number of rotatable bonds is 5. The smallest absolute Gasteiger partial charge is 0.0472 e. The van der Waals surface area contributed by atoms with Gasteiger partial charge < -0.3 is 19.9 Å². The molecule has 20 heavy (non-hydrogen) atoms. The highest BCUT2D eigenvalue weighted by Crippen LogP contribution is 2.31. The average molecular weight is 283 g/mol. The predicted molar refractivity (Wildman–Crippen MR) is 84.2 cm³/mol. The third-order valence-corrected chi connectivity index (χ3v) is 4.81. The summed E-state index contributed by atoms with van der Waals surface area (Å²) in [6.07, 6.45) is 3.72. The fraction of sp³-hybridized carbons (Fsp3) is 1.00. The number of hydrogen-bond donors (Lipinski definition) is 1. The first-order valence-electron chi connectivity index (χ1n) is 8.32. The first kappa shape index (κ1) is 16.2. The fourth-order valence-corrected chi connectivity index (χ4v) is 3.35. The van der Waals surface area contributed by atoms with Crippen molar-refractivity contribution in [3.8, 4) is 0 Å².